The summed E-state index contributed by atoms with van der Waals surface area (Å²) >= 11 is 0. The zero-order valence-corrected chi connectivity index (χ0v) is 13.8. The Kier molecular flexibility index (Phi) is 4.13. The number of hydrogen-bond donors (Lipinski definition) is 0. The molecule has 3 heteroatoms. The molecule has 0 aromatic heterocycles. The minimum absolute atomic E-state index is 0.0463. The highest BCUT2D eigenvalue weighted by atomic mass is 16.7. The lowest BCUT2D eigenvalue weighted by atomic mass is 9.67. The van der Waals surface area contributed by atoms with E-state index in [2.05, 4.69) is 32.9 Å². The van der Waals surface area contributed by atoms with Crippen LogP contribution in [-0.4, -0.2) is 24.8 Å². The van der Waals surface area contributed by atoms with Crippen LogP contribution in [0.15, 0.2) is 30.3 Å². The van der Waals surface area contributed by atoms with Crippen LogP contribution in [0.3, 0.4) is 0 Å². The molecule has 2 aliphatic rings. The number of Topliss-reactive ketones (excluding diaryl/α,β-unsaturated/α-hetero) is 1. The van der Waals surface area contributed by atoms with E-state index in [1.54, 1.807) is 0 Å². The van der Waals surface area contributed by atoms with E-state index in [1.165, 1.54) is 5.56 Å². The molecule has 0 amide bonds. The molecule has 0 unspecified atom stereocenters. The first-order chi connectivity index (χ1) is 10.4. The van der Waals surface area contributed by atoms with Crippen LogP contribution < -0.4 is 0 Å². The molecular weight excluding hydrogens is 276 g/mol. The Bertz CT molecular complexity index is 531. The lowest BCUT2D eigenvalue weighted by Crippen LogP contribution is -2.57. The first kappa shape index (κ1) is 15.7. The molecule has 0 N–H and O–H groups in total. The van der Waals surface area contributed by atoms with E-state index in [0.29, 0.717) is 25.2 Å². The number of carbonyl (C=O) groups is 1. The molecule has 22 heavy (non-hydrogen) atoms. The third-order valence-electron chi connectivity index (χ3n) is 5.03. The van der Waals surface area contributed by atoms with Crippen LogP contribution >= 0.6 is 0 Å². The second kappa shape index (κ2) is 5.78. The zero-order chi connectivity index (χ0) is 15.8. The summed E-state index contributed by atoms with van der Waals surface area (Å²) in [5, 5.41) is 0. The summed E-state index contributed by atoms with van der Waals surface area (Å²) in [6.45, 7) is 7.05. The minimum atomic E-state index is -0.499. The monoisotopic (exact) mass is 302 g/mol. The Hall–Kier alpha value is -1.19. The molecule has 0 bridgehead atoms. The lowest BCUT2D eigenvalue weighted by Gasteiger charge is -2.50. The SMILES string of the molecule is CC(C)(C)[C@@H]1CC(=O)[C@]2(Cc3ccccc3)CCCO[C@@H]2O1. The number of benzene rings is 1. The van der Waals surface area contributed by atoms with E-state index < -0.39 is 11.7 Å². The third kappa shape index (κ3) is 2.84. The molecule has 0 aliphatic carbocycles. The summed E-state index contributed by atoms with van der Waals surface area (Å²) in [5.74, 6) is 0.312. The number of ketones is 1. The zero-order valence-electron chi connectivity index (χ0n) is 13.8. The number of rotatable bonds is 2. The topological polar surface area (TPSA) is 35.5 Å². The summed E-state index contributed by atoms with van der Waals surface area (Å²) in [5.41, 5.74) is 0.639. The average Bonchev–Trinajstić information content (AvgIpc) is 2.48. The maximum Gasteiger partial charge on any atom is 0.170 e. The van der Waals surface area contributed by atoms with Gasteiger partial charge in [-0.05, 0) is 30.2 Å². The van der Waals surface area contributed by atoms with Crippen molar-refractivity contribution in [2.45, 2.75) is 58.8 Å². The minimum Gasteiger partial charge on any atom is -0.352 e. The highest BCUT2D eigenvalue weighted by Gasteiger charge is 2.54. The highest BCUT2D eigenvalue weighted by Crippen LogP contribution is 2.46. The fourth-order valence-electron chi connectivity index (χ4n) is 3.61. The second-order valence-corrected chi connectivity index (χ2v) is 7.74. The van der Waals surface area contributed by atoms with Crippen molar-refractivity contribution in [3.63, 3.8) is 0 Å². The number of ether oxygens (including phenoxy) is 2. The maximum atomic E-state index is 13.1. The van der Waals surface area contributed by atoms with Gasteiger partial charge in [-0.3, -0.25) is 4.79 Å². The fraction of sp³-hybridized carbons (Fsp3) is 0.632. The first-order valence-corrected chi connectivity index (χ1v) is 8.26. The van der Waals surface area contributed by atoms with Gasteiger partial charge < -0.3 is 9.47 Å². The Morgan fingerprint density at radius 2 is 1.95 bits per heavy atom. The predicted molar refractivity (Wildman–Crippen MR) is 85.5 cm³/mol. The van der Waals surface area contributed by atoms with Crippen molar-refractivity contribution in [2.75, 3.05) is 6.61 Å². The van der Waals surface area contributed by atoms with Gasteiger partial charge in [-0.2, -0.15) is 0 Å². The highest BCUT2D eigenvalue weighted by molar-refractivity contribution is 5.87. The van der Waals surface area contributed by atoms with Crippen LogP contribution in [0.1, 0.15) is 45.6 Å². The summed E-state index contributed by atoms with van der Waals surface area (Å²) in [4.78, 5) is 13.1. The number of hydrogen-bond acceptors (Lipinski definition) is 3. The smallest absolute Gasteiger partial charge is 0.170 e. The Balaban J connectivity index is 1.88. The Morgan fingerprint density at radius 3 is 2.64 bits per heavy atom. The molecule has 0 radical (unpaired) electrons. The van der Waals surface area contributed by atoms with Crippen molar-refractivity contribution in [1.82, 2.24) is 0 Å². The van der Waals surface area contributed by atoms with Gasteiger partial charge in [-0.15, -0.1) is 0 Å². The van der Waals surface area contributed by atoms with Crippen LogP contribution in [-0.2, 0) is 20.7 Å². The molecule has 2 fully saturated rings. The molecule has 2 heterocycles. The van der Waals surface area contributed by atoms with Gasteiger partial charge in [0.05, 0.1) is 11.5 Å². The van der Waals surface area contributed by atoms with Crippen molar-refractivity contribution >= 4 is 5.78 Å². The van der Waals surface area contributed by atoms with Gasteiger partial charge in [0, 0.05) is 13.0 Å². The molecule has 1 aromatic rings. The van der Waals surface area contributed by atoms with Crippen molar-refractivity contribution in [3.05, 3.63) is 35.9 Å². The molecule has 0 saturated carbocycles. The van der Waals surface area contributed by atoms with Crippen LogP contribution in [0.2, 0.25) is 0 Å². The normalized spacial score (nSPS) is 32.6. The predicted octanol–water partition coefficient (Wildman–Crippen LogP) is 3.76. The molecule has 3 rings (SSSR count). The Labute approximate surface area is 133 Å². The largest absolute Gasteiger partial charge is 0.352 e. The first-order valence-electron chi connectivity index (χ1n) is 8.26. The van der Waals surface area contributed by atoms with E-state index in [9.17, 15) is 4.79 Å². The van der Waals surface area contributed by atoms with E-state index in [1.807, 2.05) is 18.2 Å². The van der Waals surface area contributed by atoms with Gasteiger partial charge in [0.1, 0.15) is 5.78 Å². The standard InChI is InChI=1S/C19H26O3/c1-18(2,3)16-12-15(20)19(10-7-11-21-17(19)22-16)13-14-8-5-4-6-9-14/h4-6,8-9,16-17H,7,10-13H2,1-3H3/t16-,17+,19+/m0/s1. The Morgan fingerprint density at radius 1 is 1.23 bits per heavy atom. The summed E-state index contributed by atoms with van der Waals surface area (Å²) in [7, 11) is 0. The summed E-state index contributed by atoms with van der Waals surface area (Å²) in [6, 6.07) is 10.2. The van der Waals surface area contributed by atoms with Crippen LogP contribution in [0, 0.1) is 10.8 Å². The van der Waals surface area contributed by atoms with Crippen LogP contribution in [0.4, 0.5) is 0 Å². The third-order valence-corrected chi connectivity index (χ3v) is 5.03. The van der Waals surface area contributed by atoms with Gasteiger partial charge in [0.25, 0.3) is 0 Å². The van der Waals surface area contributed by atoms with E-state index in [4.69, 9.17) is 9.47 Å². The average molecular weight is 302 g/mol. The molecule has 3 atom stereocenters. The van der Waals surface area contributed by atoms with Gasteiger partial charge in [-0.25, -0.2) is 0 Å². The lowest BCUT2D eigenvalue weighted by molar-refractivity contribution is -0.274. The van der Waals surface area contributed by atoms with Crippen molar-refractivity contribution in [2.24, 2.45) is 10.8 Å². The van der Waals surface area contributed by atoms with E-state index >= 15 is 0 Å². The van der Waals surface area contributed by atoms with Crippen molar-refractivity contribution < 1.29 is 14.3 Å². The van der Waals surface area contributed by atoms with Crippen molar-refractivity contribution in [1.29, 1.82) is 0 Å². The molecule has 2 saturated heterocycles. The molecule has 1 aromatic carbocycles. The van der Waals surface area contributed by atoms with Gasteiger partial charge in [0.15, 0.2) is 6.29 Å². The quantitative estimate of drug-likeness (QED) is 0.834. The van der Waals surface area contributed by atoms with Gasteiger partial charge in [0.2, 0.25) is 0 Å². The van der Waals surface area contributed by atoms with Gasteiger partial charge in [-0.1, -0.05) is 51.1 Å². The molecule has 120 valence electrons. The molecule has 0 spiro atoms. The van der Waals surface area contributed by atoms with Gasteiger partial charge >= 0.3 is 0 Å². The number of carbonyl (C=O) groups excluding carboxylic acids is 1. The van der Waals surface area contributed by atoms with Crippen molar-refractivity contribution in [3.8, 4) is 0 Å². The molecular formula is C19H26O3. The summed E-state index contributed by atoms with van der Waals surface area (Å²) in [6.07, 6.45) is 2.55. The number of fused-ring (bicyclic) bond motifs is 1. The second-order valence-electron chi connectivity index (χ2n) is 7.74. The van der Waals surface area contributed by atoms with E-state index in [-0.39, 0.29) is 11.5 Å². The maximum absolute atomic E-state index is 13.1. The van der Waals surface area contributed by atoms with E-state index in [0.717, 1.165) is 12.8 Å². The summed E-state index contributed by atoms with van der Waals surface area (Å²) < 4.78 is 12.2. The molecule has 3 nitrogen and oxygen atoms in total. The van der Waals surface area contributed by atoms with Crippen LogP contribution in [0.25, 0.3) is 0 Å². The fourth-order valence-corrected chi connectivity index (χ4v) is 3.61. The molecule has 2 aliphatic heterocycles. The van der Waals surface area contributed by atoms with Crippen LogP contribution in [0.5, 0.6) is 0 Å².